The van der Waals surface area contributed by atoms with Crippen LogP contribution in [-0.4, -0.2) is 74.4 Å². The van der Waals surface area contributed by atoms with E-state index >= 15 is 0 Å². The van der Waals surface area contributed by atoms with E-state index < -0.39 is 10.4 Å². The van der Waals surface area contributed by atoms with Crippen molar-refractivity contribution in [1.29, 1.82) is 0 Å². The summed E-state index contributed by atoms with van der Waals surface area (Å²) < 4.78 is 33.0. The van der Waals surface area contributed by atoms with Crippen molar-refractivity contribution in [3.63, 3.8) is 0 Å². The molecule has 0 aliphatic rings. The van der Waals surface area contributed by atoms with Crippen LogP contribution in [0.5, 0.6) is 0 Å². The predicted molar refractivity (Wildman–Crippen MR) is 118 cm³/mol. The molecule has 10 nitrogen and oxygen atoms in total. The predicted octanol–water partition coefficient (Wildman–Crippen LogP) is 0.539. The lowest BCUT2D eigenvalue weighted by Crippen LogP contribution is -2.04. The smallest absolute Gasteiger partial charge is 0.395 e. The molecule has 182 valence electrons. The van der Waals surface area contributed by atoms with E-state index in [4.69, 9.17) is 37.1 Å². The van der Waals surface area contributed by atoms with Gasteiger partial charge in [-0.2, -0.15) is 8.42 Å². The molecule has 0 amide bonds. The third-order valence-electron chi connectivity index (χ3n) is 3.12. The van der Waals surface area contributed by atoms with Crippen LogP contribution in [-0.2, 0) is 14.6 Å². The number of hydrogen-bond acceptors (Lipinski definition) is 9. The zero-order valence-electron chi connectivity index (χ0n) is 18.2. The third kappa shape index (κ3) is 65.6. The van der Waals surface area contributed by atoms with E-state index in [-0.39, 0.29) is 26.4 Å². The average Bonchev–Trinajstić information content (AvgIpc) is 2.71. The van der Waals surface area contributed by atoms with Gasteiger partial charge in [-0.05, 0) is 6.42 Å². The molecule has 0 rings (SSSR count). The summed E-state index contributed by atoms with van der Waals surface area (Å²) in [5.41, 5.74) is 14.3. The molecule has 0 bridgehead atoms. The number of aliphatic hydroxyl groups excluding tert-OH is 3. The van der Waals surface area contributed by atoms with Crippen molar-refractivity contribution >= 4 is 10.4 Å². The molecule has 0 fully saturated rings. The number of aliphatic hydroxyl groups is 3. The van der Waals surface area contributed by atoms with Gasteiger partial charge in [0.15, 0.2) is 0 Å². The van der Waals surface area contributed by atoms with Gasteiger partial charge in [-0.3, -0.25) is 4.55 Å². The zero-order valence-corrected chi connectivity index (χ0v) is 19.0. The number of unbranched alkanes of at least 4 members (excludes halogenated alkanes) is 9. The summed E-state index contributed by atoms with van der Waals surface area (Å²) in [4.78, 5) is 0. The molecule has 0 aromatic heterocycles. The third-order valence-corrected chi connectivity index (χ3v) is 3.58. The van der Waals surface area contributed by atoms with Crippen molar-refractivity contribution in [1.82, 2.24) is 0 Å². The molecule has 0 aliphatic carbocycles. The fourth-order valence-corrected chi connectivity index (χ4v) is 2.08. The van der Waals surface area contributed by atoms with Crippen molar-refractivity contribution < 1.29 is 32.5 Å². The summed E-state index contributed by atoms with van der Waals surface area (Å²) >= 11 is 0. The van der Waals surface area contributed by atoms with Gasteiger partial charge in [0.25, 0.3) is 0 Å². The highest BCUT2D eigenvalue weighted by atomic mass is 32.3. The van der Waals surface area contributed by atoms with Gasteiger partial charge in [0, 0.05) is 19.6 Å². The molecule has 0 radical (unpaired) electrons. The minimum absolute atomic E-state index is 0.0926. The lowest BCUT2D eigenvalue weighted by atomic mass is 10.1. The molecule has 0 saturated heterocycles. The first-order valence-corrected chi connectivity index (χ1v) is 11.7. The Hall–Kier alpha value is -0.370. The second-order valence-electron chi connectivity index (χ2n) is 5.97. The fourth-order valence-electron chi connectivity index (χ4n) is 1.75. The van der Waals surface area contributed by atoms with Crippen LogP contribution in [0, 0.1) is 0 Å². The van der Waals surface area contributed by atoms with E-state index in [0.717, 1.165) is 12.8 Å². The van der Waals surface area contributed by atoms with Gasteiger partial charge >= 0.3 is 10.4 Å². The summed E-state index contributed by atoms with van der Waals surface area (Å²) in [6.45, 7) is 3.73. The first-order valence-electron chi connectivity index (χ1n) is 10.4. The van der Waals surface area contributed by atoms with E-state index in [1.165, 1.54) is 44.9 Å². The monoisotopic (exact) mass is 449 g/mol. The second-order valence-corrected chi connectivity index (χ2v) is 7.06. The van der Waals surface area contributed by atoms with Gasteiger partial charge < -0.3 is 32.5 Å². The highest BCUT2D eigenvalue weighted by Crippen LogP contribution is 2.10. The van der Waals surface area contributed by atoms with Crippen molar-refractivity contribution in [2.75, 3.05) is 46.1 Å². The highest BCUT2D eigenvalue weighted by molar-refractivity contribution is 7.80. The van der Waals surface area contributed by atoms with E-state index in [0.29, 0.717) is 26.1 Å². The summed E-state index contributed by atoms with van der Waals surface area (Å²) in [6, 6.07) is 0. The minimum atomic E-state index is -4.23. The molecular weight excluding hydrogens is 402 g/mol. The summed E-state index contributed by atoms with van der Waals surface area (Å²) in [7, 11) is -4.23. The summed E-state index contributed by atoms with van der Waals surface area (Å²) in [6.07, 6.45) is 11.9. The Bertz CT molecular complexity index is 333. The van der Waals surface area contributed by atoms with Crippen LogP contribution in [0.25, 0.3) is 0 Å². The van der Waals surface area contributed by atoms with Gasteiger partial charge in [0.2, 0.25) is 0 Å². The van der Waals surface area contributed by atoms with Crippen molar-refractivity contribution in [2.45, 2.75) is 71.1 Å². The molecule has 0 aromatic carbocycles. The second kappa shape index (κ2) is 35.1. The van der Waals surface area contributed by atoms with Crippen LogP contribution in [0.2, 0.25) is 0 Å². The molecule has 0 aliphatic heterocycles. The Morgan fingerprint density at radius 2 is 0.931 bits per heavy atom. The molecule has 11 heteroatoms. The van der Waals surface area contributed by atoms with Crippen molar-refractivity contribution in [3.05, 3.63) is 0 Å². The molecule has 0 heterocycles. The number of nitrogens with two attached hydrogens (primary N) is 3. The van der Waals surface area contributed by atoms with Gasteiger partial charge in [-0.1, -0.05) is 64.7 Å². The normalized spacial score (nSPS) is 10.1. The molecule has 0 aromatic rings. The van der Waals surface area contributed by atoms with Crippen LogP contribution in [0.4, 0.5) is 0 Å². The van der Waals surface area contributed by atoms with Crippen LogP contribution in [0.1, 0.15) is 71.1 Å². The maximum Gasteiger partial charge on any atom is 0.397 e. The fraction of sp³-hybridized carbons (Fsp3) is 1.00. The Labute approximate surface area is 177 Å². The SMILES string of the molecule is CCCCCCCCCCCCOS(=O)(=O)O.NCCO.NCCO.NCCO. The van der Waals surface area contributed by atoms with E-state index in [9.17, 15) is 8.42 Å². The lowest BCUT2D eigenvalue weighted by Gasteiger charge is -2.02. The van der Waals surface area contributed by atoms with Gasteiger partial charge in [-0.15, -0.1) is 0 Å². The summed E-state index contributed by atoms with van der Waals surface area (Å²) in [5.74, 6) is 0. The van der Waals surface area contributed by atoms with Crippen LogP contribution < -0.4 is 17.2 Å². The summed E-state index contributed by atoms with van der Waals surface area (Å²) in [5, 5.41) is 23.2. The molecule has 29 heavy (non-hydrogen) atoms. The standard InChI is InChI=1S/C12H26O4S.3C2H7NO/c1-2-3-4-5-6-7-8-9-10-11-12-16-17(13,14)15;3*3-1-2-4/h2-12H2,1H3,(H,13,14,15);3*4H,1-3H2. The molecule has 0 saturated carbocycles. The average molecular weight is 450 g/mol. The van der Waals surface area contributed by atoms with Crippen molar-refractivity contribution in [2.24, 2.45) is 17.2 Å². The van der Waals surface area contributed by atoms with E-state index in [1.54, 1.807) is 0 Å². The maximum atomic E-state index is 10.2. The maximum absolute atomic E-state index is 10.2. The van der Waals surface area contributed by atoms with Crippen molar-refractivity contribution in [3.8, 4) is 0 Å². The minimum Gasteiger partial charge on any atom is -0.395 e. The van der Waals surface area contributed by atoms with E-state index in [2.05, 4.69) is 11.1 Å². The first kappa shape index (κ1) is 36.0. The van der Waals surface area contributed by atoms with Gasteiger partial charge in [0.1, 0.15) is 0 Å². The Balaban J connectivity index is -0.000000212. The van der Waals surface area contributed by atoms with Crippen LogP contribution >= 0.6 is 0 Å². The number of hydrogen-bond donors (Lipinski definition) is 7. The molecule has 0 unspecified atom stereocenters. The van der Waals surface area contributed by atoms with Gasteiger partial charge in [-0.25, -0.2) is 4.18 Å². The Morgan fingerprint density at radius 3 is 1.17 bits per heavy atom. The lowest BCUT2D eigenvalue weighted by molar-refractivity contribution is 0.261. The van der Waals surface area contributed by atoms with E-state index in [1.807, 2.05) is 0 Å². The molecule has 10 N–H and O–H groups in total. The molecular formula is C18H47N3O7S. The first-order chi connectivity index (χ1) is 13.8. The number of rotatable bonds is 15. The quantitative estimate of drug-likeness (QED) is 0.136. The van der Waals surface area contributed by atoms with Crippen LogP contribution in [0.15, 0.2) is 0 Å². The Kier molecular flexibility index (Phi) is 43.6. The van der Waals surface area contributed by atoms with Gasteiger partial charge in [0.05, 0.1) is 26.4 Å². The molecule has 0 spiro atoms. The topological polar surface area (TPSA) is 202 Å². The largest absolute Gasteiger partial charge is 0.397 e. The molecule has 0 atom stereocenters. The van der Waals surface area contributed by atoms with Crippen LogP contribution in [0.3, 0.4) is 0 Å². The Morgan fingerprint density at radius 1 is 0.655 bits per heavy atom. The highest BCUT2D eigenvalue weighted by Gasteiger charge is 2.02. The zero-order chi connectivity index (χ0) is 23.2.